The van der Waals surface area contributed by atoms with Gasteiger partial charge in [-0.15, -0.1) is 0 Å². The molecule has 0 saturated carbocycles. The molecule has 0 spiro atoms. The summed E-state index contributed by atoms with van der Waals surface area (Å²) >= 11 is 2.14. The minimum atomic E-state index is -3.55. The average molecular weight is 431 g/mol. The van der Waals surface area contributed by atoms with Crippen LogP contribution in [-0.4, -0.2) is 28.2 Å². The fraction of sp³-hybridized carbons (Fsp3) is 0.250. The smallest absolute Gasteiger partial charge is 0.240 e. The average Bonchev–Trinajstić information content (AvgIpc) is 2.48. The van der Waals surface area contributed by atoms with Crippen molar-refractivity contribution < 1.29 is 13.2 Å². The van der Waals surface area contributed by atoms with Crippen molar-refractivity contribution in [3.05, 3.63) is 63.7 Å². The molecule has 0 aliphatic rings. The van der Waals surface area contributed by atoms with Crippen molar-refractivity contribution >= 4 is 32.6 Å². The van der Waals surface area contributed by atoms with Gasteiger partial charge in [0, 0.05) is 16.7 Å². The Bertz CT molecular complexity index is 687. The van der Waals surface area contributed by atoms with Gasteiger partial charge in [-0.25, -0.2) is 13.1 Å². The van der Waals surface area contributed by atoms with Gasteiger partial charge in [0.15, 0.2) is 0 Å². The van der Waals surface area contributed by atoms with Gasteiger partial charge in [0.1, 0.15) is 0 Å². The lowest BCUT2D eigenvalue weighted by Gasteiger charge is -2.18. The van der Waals surface area contributed by atoms with Crippen molar-refractivity contribution in [1.82, 2.24) is 4.72 Å². The lowest BCUT2D eigenvalue weighted by atomic mass is 10.1. The standard InChI is InChI=1S/C16H18INO3S/c1-21-12-15(11-13-5-3-2-4-6-13)18-22(19,20)16-9-7-14(17)8-10-16/h2-10,15,18H,11-12H2,1H3/t15-/m0/s1. The molecular formula is C16H18INO3S. The molecule has 1 N–H and O–H groups in total. The number of benzene rings is 2. The summed E-state index contributed by atoms with van der Waals surface area (Å²) in [6, 6.07) is 16.2. The predicted molar refractivity (Wildman–Crippen MR) is 95.3 cm³/mol. The van der Waals surface area contributed by atoms with Crippen LogP contribution in [0.4, 0.5) is 0 Å². The highest BCUT2D eigenvalue weighted by molar-refractivity contribution is 14.1. The molecule has 6 heteroatoms. The molecule has 0 heterocycles. The van der Waals surface area contributed by atoms with Gasteiger partial charge in [-0.1, -0.05) is 30.3 Å². The SMILES string of the molecule is COC[C@H](Cc1ccccc1)NS(=O)(=O)c1ccc(I)cc1. The molecule has 0 aliphatic heterocycles. The monoisotopic (exact) mass is 431 g/mol. The van der Waals surface area contributed by atoms with Gasteiger partial charge >= 0.3 is 0 Å². The summed E-state index contributed by atoms with van der Waals surface area (Å²) < 4.78 is 33.8. The van der Waals surface area contributed by atoms with E-state index in [-0.39, 0.29) is 10.9 Å². The number of rotatable bonds is 7. The number of methoxy groups -OCH3 is 1. The first-order valence-corrected chi connectivity index (χ1v) is 9.38. The van der Waals surface area contributed by atoms with Crippen molar-refractivity contribution in [3.8, 4) is 0 Å². The van der Waals surface area contributed by atoms with Crippen LogP contribution in [0.1, 0.15) is 5.56 Å². The van der Waals surface area contributed by atoms with Gasteiger partial charge in [-0.3, -0.25) is 0 Å². The van der Waals surface area contributed by atoms with Gasteiger partial charge in [-0.05, 0) is 58.8 Å². The van der Waals surface area contributed by atoms with Gasteiger partial charge in [-0.2, -0.15) is 0 Å². The molecule has 22 heavy (non-hydrogen) atoms. The number of ether oxygens (including phenoxy) is 1. The summed E-state index contributed by atoms with van der Waals surface area (Å²) in [6.45, 7) is 0.318. The van der Waals surface area contributed by atoms with Gasteiger partial charge in [0.2, 0.25) is 10.0 Å². The minimum Gasteiger partial charge on any atom is -0.383 e. The first kappa shape index (κ1) is 17.4. The van der Waals surface area contributed by atoms with Crippen molar-refractivity contribution in [3.63, 3.8) is 0 Å². The Labute approximate surface area is 145 Å². The molecule has 2 aromatic carbocycles. The van der Waals surface area contributed by atoms with E-state index in [1.165, 1.54) is 0 Å². The summed E-state index contributed by atoms with van der Waals surface area (Å²) in [5.41, 5.74) is 1.06. The van der Waals surface area contributed by atoms with E-state index in [0.717, 1.165) is 9.13 Å². The van der Waals surface area contributed by atoms with Crippen LogP contribution in [0.5, 0.6) is 0 Å². The van der Waals surface area contributed by atoms with E-state index < -0.39 is 10.0 Å². The van der Waals surface area contributed by atoms with E-state index >= 15 is 0 Å². The number of hydrogen-bond acceptors (Lipinski definition) is 3. The first-order chi connectivity index (χ1) is 10.5. The number of sulfonamides is 1. The minimum absolute atomic E-state index is 0.266. The van der Waals surface area contributed by atoms with Crippen LogP contribution in [0.2, 0.25) is 0 Å². The van der Waals surface area contributed by atoms with Gasteiger partial charge < -0.3 is 4.74 Å². The van der Waals surface area contributed by atoms with E-state index in [1.54, 1.807) is 31.4 Å². The summed E-state index contributed by atoms with van der Waals surface area (Å²) in [5, 5.41) is 0. The fourth-order valence-electron chi connectivity index (χ4n) is 2.14. The van der Waals surface area contributed by atoms with Crippen LogP contribution in [0.25, 0.3) is 0 Å². The van der Waals surface area contributed by atoms with Crippen molar-refractivity contribution in [2.75, 3.05) is 13.7 Å². The number of nitrogens with one attached hydrogen (secondary N) is 1. The third-order valence-corrected chi connectivity index (χ3v) is 5.39. The lowest BCUT2D eigenvalue weighted by Crippen LogP contribution is -2.39. The van der Waals surface area contributed by atoms with Crippen LogP contribution in [0, 0.1) is 3.57 Å². The molecule has 4 nitrogen and oxygen atoms in total. The Kier molecular flexibility index (Phi) is 6.37. The molecule has 2 aromatic rings. The maximum absolute atomic E-state index is 12.4. The highest BCUT2D eigenvalue weighted by Crippen LogP contribution is 2.13. The lowest BCUT2D eigenvalue weighted by molar-refractivity contribution is 0.174. The molecule has 0 saturated heterocycles. The third kappa shape index (κ3) is 5.05. The molecule has 1 atom stereocenters. The van der Waals surface area contributed by atoms with Crippen LogP contribution < -0.4 is 4.72 Å². The number of halogens is 1. The van der Waals surface area contributed by atoms with Gasteiger partial charge in [0.05, 0.1) is 11.5 Å². The van der Waals surface area contributed by atoms with E-state index in [4.69, 9.17) is 4.74 Å². The first-order valence-electron chi connectivity index (χ1n) is 6.82. The van der Waals surface area contributed by atoms with Crippen molar-refractivity contribution in [2.24, 2.45) is 0 Å². The molecule has 0 amide bonds. The van der Waals surface area contributed by atoms with E-state index in [1.807, 2.05) is 30.3 Å². The molecule has 0 aromatic heterocycles. The third-order valence-electron chi connectivity index (χ3n) is 3.14. The summed E-state index contributed by atoms with van der Waals surface area (Å²) in [4.78, 5) is 0.266. The predicted octanol–water partition coefficient (Wildman–Crippen LogP) is 2.83. The molecule has 0 radical (unpaired) electrons. The quantitative estimate of drug-likeness (QED) is 0.687. The van der Waals surface area contributed by atoms with E-state index in [2.05, 4.69) is 27.3 Å². The Morgan fingerprint density at radius 2 is 1.73 bits per heavy atom. The van der Waals surface area contributed by atoms with Crippen LogP contribution in [-0.2, 0) is 21.2 Å². The van der Waals surface area contributed by atoms with Crippen molar-refractivity contribution in [2.45, 2.75) is 17.4 Å². The zero-order chi connectivity index (χ0) is 16.0. The second kappa shape index (κ2) is 8.05. The topological polar surface area (TPSA) is 55.4 Å². The fourth-order valence-corrected chi connectivity index (χ4v) is 3.72. The Hall–Kier alpha value is -0.960. The van der Waals surface area contributed by atoms with Crippen LogP contribution in [0.3, 0.4) is 0 Å². The molecule has 0 bridgehead atoms. The van der Waals surface area contributed by atoms with Crippen LogP contribution in [0.15, 0.2) is 59.5 Å². The molecule has 0 fully saturated rings. The molecule has 2 rings (SSSR count). The second-order valence-electron chi connectivity index (χ2n) is 4.92. The molecule has 0 unspecified atom stereocenters. The molecular weight excluding hydrogens is 413 g/mol. The largest absolute Gasteiger partial charge is 0.383 e. The summed E-state index contributed by atoms with van der Waals surface area (Å²) in [6.07, 6.45) is 0.582. The van der Waals surface area contributed by atoms with E-state index in [0.29, 0.717) is 13.0 Å². The Balaban J connectivity index is 2.14. The Morgan fingerprint density at radius 3 is 2.32 bits per heavy atom. The maximum atomic E-state index is 12.4. The van der Waals surface area contributed by atoms with Gasteiger partial charge in [0.25, 0.3) is 0 Å². The Morgan fingerprint density at radius 1 is 1.09 bits per heavy atom. The molecule has 0 aliphatic carbocycles. The number of hydrogen-bond donors (Lipinski definition) is 1. The molecule has 118 valence electrons. The second-order valence-corrected chi connectivity index (χ2v) is 7.88. The highest BCUT2D eigenvalue weighted by Gasteiger charge is 2.20. The zero-order valence-corrected chi connectivity index (χ0v) is 15.2. The van der Waals surface area contributed by atoms with Crippen molar-refractivity contribution in [1.29, 1.82) is 0 Å². The zero-order valence-electron chi connectivity index (χ0n) is 12.2. The normalized spacial score (nSPS) is 13.0. The summed E-state index contributed by atoms with van der Waals surface area (Å²) in [5.74, 6) is 0. The maximum Gasteiger partial charge on any atom is 0.240 e. The summed E-state index contributed by atoms with van der Waals surface area (Å²) in [7, 11) is -1.99. The van der Waals surface area contributed by atoms with E-state index in [9.17, 15) is 8.42 Å². The highest BCUT2D eigenvalue weighted by atomic mass is 127. The van der Waals surface area contributed by atoms with Crippen LogP contribution >= 0.6 is 22.6 Å².